The Hall–Kier alpha value is -2.16. The average molecular weight is 405 g/mol. The van der Waals surface area contributed by atoms with E-state index in [9.17, 15) is 13.2 Å². The first-order chi connectivity index (χ1) is 13.0. The highest BCUT2D eigenvalue weighted by Gasteiger charge is 2.40. The Bertz CT molecular complexity index is 1070. The zero-order chi connectivity index (χ0) is 19.0. The summed E-state index contributed by atoms with van der Waals surface area (Å²) in [5.74, 6) is 0.0442. The number of furan rings is 1. The van der Waals surface area contributed by atoms with E-state index >= 15 is 0 Å². The summed E-state index contributed by atoms with van der Waals surface area (Å²) in [6.07, 6.45) is 1.09. The molecule has 1 aliphatic heterocycles. The predicted molar refractivity (Wildman–Crippen MR) is 102 cm³/mol. The van der Waals surface area contributed by atoms with Crippen molar-refractivity contribution in [2.75, 3.05) is 6.54 Å². The van der Waals surface area contributed by atoms with Gasteiger partial charge in [0.2, 0.25) is 0 Å². The minimum atomic E-state index is -3.67. The molecule has 142 valence electrons. The van der Waals surface area contributed by atoms with Gasteiger partial charge in [-0.3, -0.25) is 4.79 Å². The van der Waals surface area contributed by atoms with Gasteiger partial charge in [-0.05, 0) is 37.3 Å². The lowest BCUT2D eigenvalue weighted by molar-refractivity contribution is -0.149. The fourth-order valence-corrected chi connectivity index (χ4v) is 6.15. The van der Waals surface area contributed by atoms with E-state index in [1.165, 1.54) is 4.31 Å². The Morgan fingerprint density at radius 1 is 1.30 bits per heavy atom. The van der Waals surface area contributed by atoms with E-state index in [2.05, 4.69) is 0 Å². The van der Waals surface area contributed by atoms with Crippen LogP contribution in [0, 0.1) is 6.92 Å². The van der Waals surface area contributed by atoms with Crippen LogP contribution in [0.4, 0.5) is 0 Å². The predicted octanol–water partition coefficient (Wildman–Crippen LogP) is 3.70. The number of hydrogen-bond acceptors (Lipinski definition) is 6. The molecule has 8 heteroatoms. The number of esters is 1. The Morgan fingerprint density at radius 2 is 2.11 bits per heavy atom. The lowest BCUT2D eigenvalue weighted by Gasteiger charge is -2.21. The molecule has 1 fully saturated rings. The van der Waals surface area contributed by atoms with Crippen LogP contribution in [0.2, 0.25) is 0 Å². The smallest absolute Gasteiger partial charge is 0.324 e. The molecule has 1 aromatic carbocycles. The summed E-state index contributed by atoms with van der Waals surface area (Å²) in [6.45, 7) is 2.23. The molecule has 0 bridgehead atoms. The second kappa shape index (κ2) is 7.10. The molecule has 1 aliphatic rings. The number of carbonyl (C=O) groups is 1. The van der Waals surface area contributed by atoms with E-state index in [0.717, 1.165) is 27.9 Å². The first-order valence-corrected chi connectivity index (χ1v) is 11.0. The van der Waals surface area contributed by atoms with Gasteiger partial charge in [0.05, 0.1) is 0 Å². The molecule has 3 heterocycles. The molecule has 0 spiro atoms. The third-order valence-electron chi connectivity index (χ3n) is 4.82. The quantitative estimate of drug-likeness (QED) is 0.605. The largest absolute Gasteiger partial charge is 0.457 e. The van der Waals surface area contributed by atoms with Gasteiger partial charge in [0.1, 0.15) is 28.2 Å². The summed E-state index contributed by atoms with van der Waals surface area (Å²) < 4.78 is 38.2. The molecule has 1 unspecified atom stereocenters. The van der Waals surface area contributed by atoms with E-state index in [-0.39, 0.29) is 10.8 Å². The highest BCUT2D eigenvalue weighted by Crippen LogP contribution is 2.30. The van der Waals surface area contributed by atoms with Gasteiger partial charge in [-0.2, -0.15) is 4.31 Å². The van der Waals surface area contributed by atoms with E-state index in [0.29, 0.717) is 25.1 Å². The lowest BCUT2D eigenvalue weighted by Crippen LogP contribution is -2.41. The molecule has 0 amide bonds. The van der Waals surface area contributed by atoms with Crippen LogP contribution in [0.3, 0.4) is 0 Å². The highest BCUT2D eigenvalue weighted by molar-refractivity contribution is 7.91. The van der Waals surface area contributed by atoms with E-state index in [4.69, 9.17) is 9.15 Å². The summed E-state index contributed by atoms with van der Waals surface area (Å²) in [4.78, 5) is 12.6. The highest BCUT2D eigenvalue weighted by atomic mass is 32.2. The number of sulfonamides is 1. The van der Waals surface area contributed by atoms with Crippen molar-refractivity contribution in [1.82, 2.24) is 4.31 Å². The third kappa shape index (κ3) is 3.28. The molecule has 6 nitrogen and oxygen atoms in total. The van der Waals surface area contributed by atoms with Crippen molar-refractivity contribution >= 4 is 38.3 Å². The molecular weight excluding hydrogens is 386 g/mol. The SMILES string of the molecule is Cc1c(COC(=O)C2CCCN2S(=O)(=O)c2cccs2)oc2ccccc12. The van der Waals surface area contributed by atoms with E-state index in [1.54, 1.807) is 17.5 Å². The normalized spacial score (nSPS) is 18.2. The molecule has 27 heavy (non-hydrogen) atoms. The molecule has 3 aromatic rings. The summed E-state index contributed by atoms with van der Waals surface area (Å²) >= 11 is 1.15. The van der Waals surface area contributed by atoms with Crippen LogP contribution in [0.15, 0.2) is 50.4 Å². The summed E-state index contributed by atoms with van der Waals surface area (Å²) in [5, 5.41) is 2.69. The number of carbonyl (C=O) groups excluding carboxylic acids is 1. The van der Waals surface area contributed by atoms with Crippen molar-refractivity contribution in [2.24, 2.45) is 0 Å². The zero-order valence-corrected chi connectivity index (χ0v) is 16.4. The van der Waals surface area contributed by atoms with Crippen LogP contribution in [0.5, 0.6) is 0 Å². The Balaban J connectivity index is 1.49. The number of rotatable bonds is 5. The van der Waals surface area contributed by atoms with Crippen molar-refractivity contribution in [3.8, 4) is 0 Å². The fraction of sp³-hybridized carbons (Fsp3) is 0.316. The Kier molecular flexibility index (Phi) is 4.79. The Morgan fingerprint density at radius 3 is 2.85 bits per heavy atom. The monoisotopic (exact) mass is 405 g/mol. The van der Waals surface area contributed by atoms with Crippen LogP contribution < -0.4 is 0 Å². The first-order valence-electron chi connectivity index (χ1n) is 8.67. The van der Waals surface area contributed by atoms with Crippen LogP contribution in [-0.4, -0.2) is 31.3 Å². The number of ether oxygens (including phenoxy) is 1. The standard InChI is InChI=1S/C19H19NO5S2/c1-13-14-6-2-3-8-16(14)25-17(13)12-24-19(21)15-7-4-10-20(15)27(22,23)18-9-5-11-26-18/h2-3,5-6,8-9,11,15H,4,7,10,12H2,1H3. The second-order valence-electron chi connectivity index (χ2n) is 6.46. The molecule has 1 atom stereocenters. The first kappa shape index (κ1) is 18.2. The van der Waals surface area contributed by atoms with Gasteiger partial charge >= 0.3 is 5.97 Å². The molecule has 1 saturated heterocycles. The number of benzene rings is 1. The van der Waals surface area contributed by atoms with Gasteiger partial charge < -0.3 is 9.15 Å². The number of aryl methyl sites for hydroxylation is 1. The van der Waals surface area contributed by atoms with Crippen molar-refractivity contribution in [3.63, 3.8) is 0 Å². The van der Waals surface area contributed by atoms with Crippen molar-refractivity contribution in [1.29, 1.82) is 0 Å². The van der Waals surface area contributed by atoms with E-state index in [1.807, 2.05) is 31.2 Å². The van der Waals surface area contributed by atoms with Crippen molar-refractivity contribution in [2.45, 2.75) is 36.6 Å². The summed E-state index contributed by atoms with van der Waals surface area (Å²) in [5.41, 5.74) is 1.66. The van der Waals surface area contributed by atoms with Gasteiger partial charge in [0, 0.05) is 17.5 Å². The summed E-state index contributed by atoms with van der Waals surface area (Å²) in [6, 6.07) is 10.1. The third-order valence-corrected chi connectivity index (χ3v) is 8.10. The zero-order valence-electron chi connectivity index (χ0n) is 14.8. The molecule has 4 rings (SSSR count). The topological polar surface area (TPSA) is 76.8 Å². The number of fused-ring (bicyclic) bond motifs is 1. The molecule has 2 aromatic heterocycles. The maximum Gasteiger partial charge on any atom is 0.324 e. The van der Waals surface area contributed by atoms with Crippen molar-refractivity contribution in [3.05, 3.63) is 53.1 Å². The Labute approximate surface area is 161 Å². The molecular formula is C19H19NO5S2. The number of thiophene rings is 1. The van der Waals surface area contributed by atoms with Crippen LogP contribution >= 0.6 is 11.3 Å². The number of nitrogens with zero attached hydrogens (tertiary/aromatic N) is 1. The van der Waals surface area contributed by atoms with Gasteiger partial charge in [-0.25, -0.2) is 8.42 Å². The van der Waals surface area contributed by atoms with Crippen LogP contribution in [0.25, 0.3) is 11.0 Å². The van der Waals surface area contributed by atoms with Gasteiger partial charge in [0.25, 0.3) is 10.0 Å². The van der Waals surface area contributed by atoms with Crippen molar-refractivity contribution < 1.29 is 22.4 Å². The molecule has 0 N–H and O–H groups in total. The van der Waals surface area contributed by atoms with Gasteiger partial charge in [0.15, 0.2) is 0 Å². The number of hydrogen-bond donors (Lipinski definition) is 0. The van der Waals surface area contributed by atoms with E-state index < -0.39 is 22.0 Å². The van der Waals surface area contributed by atoms with Crippen LogP contribution in [0.1, 0.15) is 24.2 Å². The second-order valence-corrected chi connectivity index (χ2v) is 9.53. The fourth-order valence-electron chi connectivity index (χ4n) is 3.38. The minimum Gasteiger partial charge on any atom is -0.457 e. The maximum atomic E-state index is 12.8. The molecule has 0 aliphatic carbocycles. The van der Waals surface area contributed by atoms with Crippen LogP contribution in [-0.2, 0) is 26.2 Å². The molecule has 0 radical (unpaired) electrons. The lowest BCUT2D eigenvalue weighted by atomic mass is 10.1. The maximum absolute atomic E-state index is 12.8. The number of para-hydroxylation sites is 1. The minimum absolute atomic E-state index is 0.0112. The van der Waals surface area contributed by atoms with Gasteiger partial charge in [-0.1, -0.05) is 24.3 Å². The molecule has 0 saturated carbocycles. The summed E-state index contributed by atoms with van der Waals surface area (Å²) in [7, 11) is -3.67. The van der Waals surface area contributed by atoms with Gasteiger partial charge in [-0.15, -0.1) is 11.3 Å². The average Bonchev–Trinajstić information content (AvgIpc) is 3.40.